The fourth-order valence-electron chi connectivity index (χ4n) is 3.55. The van der Waals surface area contributed by atoms with Gasteiger partial charge < -0.3 is 10.2 Å². The van der Waals surface area contributed by atoms with Crippen molar-refractivity contribution in [2.24, 2.45) is 0 Å². The predicted molar refractivity (Wildman–Crippen MR) is 87.8 cm³/mol. The average molecular weight is 309 g/mol. The molecule has 3 rings (SSSR count). The highest BCUT2D eigenvalue weighted by molar-refractivity contribution is 5.94. The Labute approximate surface area is 133 Å². The lowest BCUT2D eigenvalue weighted by molar-refractivity contribution is 0.0648. The monoisotopic (exact) mass is 308 g/mol. The van der Waals surface area contributed by atoms with Crippen LogP contribution in [0, 0.1) is 0 Å². The minimum Gasteiger partial charge on any atom is -0.336 e. The van der Waals surface area contributed by atoms with Crippen LogP contribution in [-0.2, 0) is 13.1 Å². The molecule has 3 nitrogen and oxygen atoms in total. The predicted octanol–water partition coefficient (Wildman–Crippen LogP) is 3.51. The van der Waals surface area contributed by atoms with Crippen molar-refractivity contribution >= 4 is 18.3 Å². The second kappa shape index (κ2) is 7.28. The van der Waals surface area contributed by atoms with Crippen LogP contribution >= 0.6 is 12.4 Å². The molecule has 21 heavy (non-hydrogen) atoms. The van der Waals surface area contributed by atoms with Crippen LogP contribution in [0.1, 0.15) is 60.5 Å². The molecule has 0 unspecified atom stereocenters. The molecule has 0 aromatic heterocycles. The van der Waals surface area contributed by atoms with Crippen LogP contribution in [0.25, 0.3) is 0 Å². The molecule has 0 atom stereocenters. The van der Waals surface area contributed by atoms with E-state index in [1.165, 1.54) is 43.2 Å². The van der Waals surface area contributed by atoms with Gasteiger partial charge in [-0.15, -0.1) is 12.4 Å². The number of carbonyl (C=O) groups is 1. The van der Waals surface area contributed by atoms with Crippen molar-refractivity contribution < 1.29 is 4.79 Å². The molecule has 1 N–H and O–H groups in total. The number of benzene rings is 1. The summed E-state index contributed by atoms with van der Waals surface area (Å²) in [5.74, 6) is 0.217. The lowest BCUT2D eigenvalue weighted by Gasteiger charge is -2.33. The summed E-state index contributed by atoms with van der Waals surface area (Å²) < 4.78 is 0. The second-order valence-electron chi connectivity index (χ2n) is 5.97. The Hall–Kier alpha value is -1.06. The van der Waals surface area contributed by atoms with Crippen LogP contribution in [0.2, 0.25) is 0 Å². The number of amides is 1. The first-order valence-electron chi connectivity index (χ1n) is 7.93. The number of rotatable bonds is 3. The van der Waals surface area contributed by atoms with Gasteiger partial charge in [0.15, 0.2) is 0 Å². The molecule has 1 aliphatic heterocycles. The number of carbonyl (C=O) groups excluding carboxylic acids is 1. The molecule has 1 saturated carbocycles. The molecule has 4 heteroatoms. The summed E-state index contributed by atoms with van der Waals surface area (Å²) in [7, 11) is 0. The molecule has 1 aromatic carbocycles. The molecule has 1 amide bonds. The van der Waals surface area contributed by atoms with Crippen molar-refractivity contribution in [2.45, 2.75) is 58.2 Å². The summed E-state index contributed by atoms with van der Waals surface area (Å²) in [5.41, 5.74) is 3.48. The highest BCUT2D eigenvalue weighted by atomic mass is 35.5. The Morgan fingerprint density at radius 1 is 1.19 bits per heavy atom. The molecule has 0 bridgehead atoms. The molecule has 1 aromatic rings. The maximum Gasteiger partial charge on any atom is 0.254 e. The van der Waals surface area contributed by atoms with E-state index in [9.17, 15) is 4.79 Å². The minimum absolute atomic E-state index is 0. The van der Waals surface area contributed by atoms with Crippen molar-refractivity contribution in [3.05, 3.63) is 34.9 Å². The van der Waals surface area contributed by atoms with Crippen LogP contribution in [0.4, 0.5) is 0 Å². The van der Waals surface area contributed by atoms with E-state index >= 15 is 0 Å². The standard InChI is InChI=1S/C17H24N2O.ClH/c1-2-19(16-6-4-3-5-7-16)17(20)13-8-9-14-11-18-12-15(14)10-13;/h8-10,16,18H,2-7,11-12H2,1H3;1H. The Bertz CT molecular complexity index is 498. The Kier molecular flexibility index (Phi) is 5.65. The first kappa shape index (κ1) is 16.3. The summed E-state index contributed by atoms with van der Waals surface area (Å²) in [6.07, 6.45) is 6.20. The highest BCUT2D eigenvalue weighted by Gasteiger charge is 2.25. The zero-order chi connectivity index (χ0) is 13.9. The van der Waals surface area contributed by atoms with E-state index in [-0.39, 0.29) is 18.3 Å². The highest BCUT2D eigenvalue weighted by Crippen LogP contribution is 2.25. The lowest BCUT2D eigenvalue weighted by atomic mass is 9.93. The largest absolute Gasteiger partial charge is 0.336 e. The molecule has 0 radical (unpaired) electrons. The lowest BCUT2D eigenvalue weighted by Crippen LogP contribution is -2.41. The third kappa shape index (κ3) is 3.41. The van der Waals surface area contributed by atoms with Gasteiger partial charge in [0.05, 0.1) is 0 Å². The number of hydrogen-bond acceptors (Lipinski definition) is 2. The Morgan fingerprint density at radius 3 is 2.62 bits per heavy atom. The van der Waals surface area contributed by atoms with Crippen LogP contribution in [0.3, 0.4) is 0 Å². The number of nitrogens with one attached hydrogen (secondary N) is 1. The van der Waals surface area contributed by atoms with Crippen molar-refractivity contribution in [1.29, 1.82) is 0 Å². The van der Waals surface area contributed by atoms with E-state index in [0.29, 0.717) is 6.04 Å². The smallest absolute Gasteiger partial charge is 0.254 e. The molecule has 1 fully saturated rings. The van der Waals surface area contributed by atoms with Gasteiger partial charge in [-0.2, -0.15) is 0 Å². The van der Waals surface area contributed by atoms with Gasteiger partial charge in [-0.25, -0.2) is 0 Å². The van der Waals surface area contributed by atoms with E-state index < -0.39 is 0 Å². The molecule has 0 spiro atoms. The van der Waals surface area contributed by atoms with E-state index in [2.05, 4.69) is 29.3 Å². The second-order valence-corrected chi connectivity index (χ2v) is 5.97. The van der Waals surface area contributed by atoms with Gasteiger partial charge in [0.1, 0.15) is 0 Å². The SMILES string of the molecule is CCN(C(=O)c1ccc2c(c1)CNC2)C1CCCCC1.Cl. The zero-order valence-electron chi connectivity index (χ0n) is 12.7. The molecule has 1 aliphatic carbocycles. The fraction of sp³-hybridized carbons (Fsp3) is 0.588. The van der Waals surface area contributed by atoms with Gasteiger partial charge in [-0.05, 0) is 43.0 Å². The third-order valence-corrected chi connectivity index (χ3v) is 4.70. The van der Waals surface area contributed by atoms with Crippen molar-refractivity contribution in [3.63, 3.8) is 0 Å². The first-order valence-corrected chi connectivity index (χ1v) is 7.93. The molecule has 1 heterocycles. The number of fused-ring (bicyclic) bond motifs is 1. The number of nitrogens with zero attached hydrogens (tertiary/aromatic N) is 1. The Balaban J connectivity index is 0.00000161. The van der Waals surface area contributed by atoms with E-state index in [1.54, 1.807) is 0 Å². The number of halogens is 1. The van der Waals surface area contributed by atoms with Crippen molar-refractivity contribution in [3.8, 4) is 0 Å². The van der Waals surface area contributed by atoms with Crippen LogP contribution in [0.15, 0.2) is 18.2 Å². The molecule has 2 aliphatic rings. The zero-order valence-corrected chi connectivity index (χ0v) is 13.5. The van der Waals surface area contributed by atoms with Gasteiger partial charge >= 0.3 is 0 Å². The van der Waals surface area contributed by atoms with Crippen LogP contribution < -0.4 is 5.32 Å². The maximum atomic E-state index is 12.8. The summed E-state index contributed by atoms with van der Waals surface area (Å²) >= 11 is 0. The third-order valence-electron chi connectivity index (χ3n) is 4.70. The van der Waals surface area contributed by atoms with E-state index in [1.807, 2.05) is 6.07 Å². The normalized spacial score (nSPS) is 18.0. The topological polar surface area (TPSA) is 32.3 Å². The fourth-order valence-corrected chi connectivity index (χ4v) is 3.55. The summed E-state index contributed by atoms with van der Waals surface area (Å²) in [6.45, 7) is 4.75. The Morgan fingerprint density at radius 2 is 1.90 bits per heavy atom. The quantitative estimate of drug-likeness (QED) is 0.927. The maximum absolute atomic E-state index is 12.8. The molecular formula is C17H25ClN2O. The molecule has 0 saturated heterocycles. The first-order chi connectivity index (χ1) is 9.79. The van der Waals surface area contributed by atoms with Crippen LogP contribution in [-0.4, -0.2) is 23.4 Å². The number of hydrogen-bond donors (Lipinski definition) is 1. The van der Waals surface area contributed by atoms with Gasteiger partial charge in [0.25, 0.3) is 5.91 Å². The van der Waals surface area contributed by atoms with E-state index in [4.69, 9.17) is 0 Å². The van der Waals surface area contributed by atoms with Crippen molar-refractivity contribution in [2.75, 3.05) is 6.54 Å². The van der Waals surface area contributed by atoms with Crippen LogP contribution in [0.5, 0.6) is 0 Å². The molecular weight excluding hydrogens is 284 g/mol. The van der Waals surface area contributed by atoms with Gasteiger partial charge in [0.2, 0.25) is 0 Å². The average Bonchev–Trinajstić information content (AvgIpc) is 2.96. The van der Waals surface area contributed by atoms with E-state index in [0.717, 1.165) is 25.2 Å². The summed E-state index contributed by atoms with van der Waals surface area (Å²) in [4.78, 5) is 14.9. The van der Waals surface area contributed by atoms with Gasteiger partial charge in [-0.1, -0.05) is 25.3 Å². The summed E-state index contributed by atoms with van der Waals surface area (Å²) in [5, 5.41) is 3.34. The molecule has 116 valence electrons. The van der Waals surface area contributed by atoms with Gasteiger partial charge in [-0.3, -0.25) is 4.79 Å². The van der Waals surface area contributed by atoms with Gasteiger partial charge in [0, 0.05) is 31.2 Å². The summed E-state index contributed by atoms with van der Waals surface area (Å²) in [6, 6.07) is 6.65. The minimum atomic E-state index is 0. The van der Waals surface area contributed by atoms with Crippen molar-refractivity contribution in [1.82, 2.24) is 10.2 Å².